The second kappa shape index (κ2) is 8.84. The van der Waals surface area contributed by atoms with Crippen molar-refractivity contribution in [3.8, 4) is 0 Å². The Balaban J connectivity index is 1.61. The van der Waals surface area contributed by atoms with Crippen LogP contribution in [0.15, 0.2) is 28.8 Å². The quantitative estimate of drug-likeness (QED) is 0.754. The maximum absolute atomic E-state index is 5.71. The summed E-state index contributed by atoms with van der Waals surface area (Å²) in [7, 11) is 0. The number of piperidine rings is 1. The number of nitrogens with zero attached hydrogens (tertiary/aromatic N) is 2. The molecule has 1 aromatic heterocycles. The fourth-order valence-electron chi connectivity index (χ4n) is 3.83. The highest BCUT2D eigenvalue weighted by Gasteiger charge is 2.27. The van der Waals surface area contributed by atoms with E-state index in [1.165, 1.54) is 49.8 Å². The first-order chi connectivity index (χ1) is 12.2. The molecule has 1 N–H and O–H groups in total. The summed E-state index contributed by atoms with van der Waals surface area (Å²) in [4.78, 5) is 3.59. The highest BCUT2D eigenvalue weighted by molar-refractivity contribution is 8.00. The average molecular weight is 362 g/mol. The normalized spacial score (nSPS) is 19.8. The van der Waals surface area contributed by atoms with E-state index in [0.29, 0.717) is 5.25 Å². The van der Waals surface area contributed by atoms with E-state index >= 15 is 0 Å². The van der Waals surface area contributed by atoms with Crippen LogP contribution in [-0.4, -0.2) is 34.9 Å². The van der Waals surface area contributed by atoms with Crippen LogP contribution >= 0.6 is 11.8 Å². The summed E-state index contributed by atoms with van der Waals surface area (Å²) in [6.07, 6.45) is 10.9. The predicted octanol–water partition coefficient (Wildman–Crippen LogP) is 4.82. The molecule has 1 aliphatic carbocycles. The van der Waals surface area contributed by atoms with Crippen molar-refractivity contribution in [2.45, 2.75) is 62.0 Å². The Labute approximate surface area is 156 Å². The van der Waals surface area contributed by atoms with E-state index in [0.717, 1.165) is 42.7 Å². The third kappa shape index (κ3) is 4.63. The Hall–Kier alpha value is -1.36. The lowest BCUT2D eigenvalue weighted by Gasteiger charge is -2.34. The third-order valence-electron chi connectivity index (χ3n) is 5.45. The molecule has 0 amide bonds. The fraction of sp³-hybridized carbons (Fsp3) is 0.650. The number of rotatable bonds is 7. The molecular formula is C20H31N3OS. The monoisotopic (exact) mass is 361 g/mol. The summed E-state index contributed by atoms with van der Waals surface area (Å²) >= 11 is 1.96. The molecule has 3 rings (SSSR count). The Kier molecular flexibility index (Phi) is 6.51. The minimum atomic E-state index is 0.703. The molecule has 4 nitrogen and oxygen atoms in total. The van der Waals surface area contributed by atoms with Crippen LogP contribution in [0.1, 0.15) is 56.4 Å². The van der Waals surface area contributed by atoms with Gasteiger partial charge in [0.2, 0.25) is 0 Å². The lowest BCUT2D eigenvalue weighted by Crippen LogP contribution is -2.35. The van der Waals surface area contributed by atoms with Gasteiger partial charge in [0.15, 0.2) is 5.76 Å². The molecule has 2 aliphatic rings. The van der Waals surface area contributed by atoms with Crippen molar-refractivity contribution < 1.29 is 4.52 Å². The summed E-state index contributed by atoms with van der Waals surface area (Å²) in [5.41, 5.74) is 2.02. The zero-order valence-electron chi connectivity index (χ0n) is 15.4. The van der Waals surface area contributed by atoms with E-state index in [2.05, 4.69) is 35.5 Å². The lowest BCUT2D eigenvalue weighted by molar-refractivity contribution is 0.247. The smallest absolute Gasteiger partial charge is 0.196 e. The summed E-state index contributed by atoms with van der Waals surface area (Å²) in [5, 5.41) is 8.19. The first kappa shape index (κ1) is 18.4. The molecule has 0 unspecified atom stereocenters. The minimum absolute atomic E-state index is 0.703. The van der Waals surface area contributed by atoms with Gasteiger partial charge in [-0.3, -0.25) is 0 Å². The van der Waals surface area contributed by atoms with Crippen LogP contribution in [0.2, 0.25) is 0 Å². The molecule has 25 heavy (non-hydrogen) atoms. The molecule has 1 aromatic rings. The molecule has 138 valence electrons. The van der Waals surface area contributed by atoms with Gasteiger partial charge in [-0.25, -0.2) is 0 Å². The highest BCUT2D eigenvalue weighted by atomic mass is 32.2. The number of nitrogens with one attached hydrogen (secondary N) is 1. The van der Waals surface area contributed by atoms with Gasteiger partial charge >= 0.3 is 0 Å². The van der Waals surface area contributed by atoms with Crippen molar-refractivity contribution in [2.75, 3.05) is 19.6 Å². The summed E-state index contributed by atoms with van der Waals surface area (Å²) in [6.45, 7) is 13.2. The highest BCUT2D eigenvalue weighted by Crippen LogP contribution is 2.40. The van der Waals surface area contributed by atoms with E-state index in [1.54, 1.807) is 6.20 Å². The van der Waals surface area contributed by atoms with Crippen molar-refractivity contribution in [2.24, 2.45) is 5.92 Å². The van der Waals surface area contributed by atoms with E-state index in [1.807, 2.05) is 11.8 Å². The van der Waals surface area contributed by atoms with Crippen molar-refractivity contribution in [3.05, 3.63) is 30.8 Å². The first-order valence-corrected chi connectivity index (χ1v) is 10.5. The van der Waals surface area contributed by atoms with E-state index < -0.39 is 0 Å². The molecule has 0 bridgehead atoms. The molecule has 2 heterocycles. The van der Waals surface area contributed by atoms with Crippen LogP contribution in [0.4, 0.5) is 0 Å². The fourth-order valence-corrected chi connectivity index (χ4v) is 5.21. The molecule has 1 aliphatic heterocycles. The Morgan fingerprint density at radius 3 is 2.68 bits per heavy atom. The van der Waals surface area contributed by atoms with Crippen LogP contribution in [0.3, 0.4) is 0 Å². The second-order valence-electron chi connectivity index (χ2n) is 7.29. The van der Waals surface area contributed by atoms with Crippen molar-refractivity contribution >= 4 is 17.5 Å². The molecule has 0 radical (unpaired) electrons. The van der Waals surface area contributed by atoms with Crippen molar-refractivity contribution in [1.29, 1.82) is 0 Å². The van der Waals surface area contributed by atoms with Crippen molar-refractivity contribution in [3.63, 3.8) is 0 Å². The number of aryl methyl sites for hydroxylation is 1. The largest absolute Gasteiger partial charge is 0.391 e. The van der Waals surface area contributed by atoms with E-state index in [9.17, 15) is 0 Å². The molecule has 5 heteroatoms. The zero-order chi connectivity index (χ0) is 17.6. The first-order valence-electron chi connectivity index (χ1n) is 9.60. The standard InChI is InChI=1S/C20H31N3OS/c1-4-21-14-17-10-12-23(13-11-17)16(3)19-20(15(2)22-24-19)25-18-8-6-5-7-9-18/h4,17-18,21H,1,3,5-14H2,2H3. The maximum Gasteiger partial charge on any atom is 0.196 e. The van der Waals surface area contributed by atoms with Crippen molar-refractivity contribution in [1.82, 2.24) is 15.4 Å². The Morgan fingerprint density at radius 2 is 2.00 bits per heavy atom. The summed E-state index contributed by atoms with van der Waals surface area (Å²) < 4.78 is 5.71. The van der Waals surface area contributed by atoms with E-state index in [4.69, 9.17) is 4.52 Å². The average Bonchev–Trinajstić information content (AvgIpc) is 3.01. The lowest BCUT2D eigenvalue weighted by atomic mass is 9.96. The SMILES string of the molecule is C=CNCC1CCN(C(=C)c2onc(C)c2SC2CCCCC2)CC1. The molecule has 0 atom stereocenters. The van der Waals surface area contributed by atoms with Gasteiger partial charge in [0.05, 0.1) is 16.3 Å². The molecule has 1 saturated heterocycles. The zero-order valence-corrected chi connectivity index (χ0v) is 16.2. The van der Waals surface area contributed by atoms with Gasteiger partial charge in [0.25, 0.3) is 0 Å². The van der Waals surface area contributed by atoms with Crippen LogP contribution in [0, 0.1) is 12.8 Å². The number of hydrogen-bond donors (Lipinski definition) is 1. The van der Waals surface area contributed by atoms with Gasteiger partial charge in [-0.05, 0) is 44.7 Å². The molecule has 2 fully saturated rings. The van der Waals surface area contributed by atoms with Gasteiger partial charge in [0, 0.05) is 24.9 Å². The predicted molar refractivity (Wildman–Crippen MR) is 106 cm³/mol. The van der Waals surface area contributed by atoms with Crippen LogP contribution < -0.4 is 5.32 Å². The van der Waals surface area contributed by atoms with Crippen LogP contribution in [0.25, 0.3) is 5.70 Å². The van der Waals surface area contributed by atoms with Gasteiger partial charge in [-0.1, -0.05) is 37.6 Å². The number of likely N-dealkylation sites (tertiary alicyclic amines) is 1. The summed E-state index contributed by atoms with van der Waals surface area (Å²) in [5.74, 6) is 1.62. The Bertz CT molecular complexity index is 584. The topological polar surface area (TPSA) is 41.3 Å². The third-order valence-corrected chi connectivity index (χ3v) is 6.98. The van der Waals surface area contributed by atoms with Gasteiger partial charge < -0.3 is 14.7 Å². The minimum Gasteiger partial charge on any atom is -0.391 e. The van der Waals surface area contributed by atoms with Crippen LogP contribution in [-0.2, 0) is 0 Å². The number of hydrogen-bond acceptors (Lipinski definition) is 5. The van der Waals surface area contributed by atoms with E-state index in [-0.39, 0.29) is 0 Å². The number of aromatic nitrogens is 1. The molecule has 1 saturated carbocycles. The number of thioether (sulfide) groups is 1. The van der Waals surface area contributed by atoms with Crippen LogP contribution in [0.5, 0.6) is 0 Å². The molecular weight excluding hydrogens is 330 g/mol. The molecule has 0 spiro atoms. The van der Waals surface area contributed by atoms with Gasteiger partial charge in [-0.2, -0.15) is 0 Å². The second-order valence-corrected chi connectivity index (χ2v) is 8.60. The summed E-state index contributed by atoms with van der Waals surface area (Å²) in [6, 6.07) is 0. The van der Waals surface area contributed by atoms with Gasteiger partial charge in [-0.15, -0.1) is 11.8 Å². The molecule has 0 aromatic carbocycles. The Morgan fingerprint density at radius 1 is 1.28 bits per heavy atom. The van der Waals surface area contributed by atoms with Gasteiger partial charge in [0.1, 0.15) is 0 Å². The maximum atomic E-state index is 5.71.